The van der Waals surface area contributed by atoms with E-state index in [0.29, 0.717) is 6.04 Å². The molecule has 1 aliphatic carbocycles. The lowest BCUT2D eigenvalue weighted by Gasteiger charge is -2.36. The highest BCUT2D eigenvalue weighted by atomic mass is 16.5. The summed E-state index contributed by atoms with van der Waals surface area (Å²) in [4.78, 5) is 6.83. The molecule has 20 heavy (non-hydrogen) atoms. The van der Waals surface area contributed by atoms with Crippen molar-refractivity contribution in [2.75, 3.05) is 13.7 Å². The maximum absolute atomic E-state index is 6.06. The Morgan fingerprint density at radius 2 is 2.05 bits per heavy atom. The van der Waals surface area contributed by atoms with Crippen LogP contribution in [0.5, 0.6) is 5.75 Å². The molecule has 1 aromatic rings. The van der Waals surface area contributed by atoms with Crippen molar-refractivity contribution in [1.29, 1.82) is 0 Å². The Labute approximate surface area is 120 Å². The van der Waals surface area contributed by atoms with E-state index in [0.717, 1.165) is 31.1 Å². The molecule has 1 atom stereocenters. The summed E-state index contributed by atoms with van der Waals surface area (Å²) in [7, 11) is 1.70. The van der Waals surface area contributed by atoms with E-state index in [2.05, 4.69) is 28.9 Å². The highest BCUT2D eigenvalue weighted by Crippen LogP contribution is 2.37. The molecule has 0 bridgehead atoms. The third-order valence-corrected chi connectivity index (χ3v) is 4.43. The highest BCUT2D eigenvalue weighted by molar-refractivity contribution is 5.81. The first-order chi connectivity index (χ1) is 9.62. The fourth-order valence-electron chi connectivity index (χ4n) is 3.05. The number of benzene rings is 1. The van der Waals surface area contributed by atoms with Gasteiger partial charge in [-0.25, -0.2) is 0 Å². The molecule has 0 saturated heterocycles. The van der Waals surface area contributed by atoms with Gasteiger partial charge in [0.15, 0.2) is 5.96 Å². The Bertz CT molecular complexity index is 507. The Hall–Kier alpha value is -1.71. The minimum absolute atomic E-state index is 0.0885. The second-order valence-corrected chi connectivity index (χ2v) is 6.12. The minimum atomic E-state index is 0.0885. The molecule has 4 heteroatoms. The summed E-state index contributed by atoms with van der Waals surface area (Å²) in [6.07, 6.45) is 4.65. The molecule has 1 saturated carbocycles. The first-order valence-electron chi connectivity index (χ1n) is 7.34. The van der Waals surface area contributed by atoms with E-state index in [1.54, 1.807) is 7.11 Å². The van der Waals surface area contributed by atoms with Crippen molar-refractivity contribution in [3.63, 3.8) is 0 Å². The van der Waals surface area contributed by atoms with E-state index < -0.39 is 0 Å². The van der Waals surface area contributed by atoms with Gasteiger partial charge in [0.1, 0.15) is 5.75 Å². The summed E-state index contributed by atoms with van der Waals surface area (Å²) in [6.45, 7) is 3.11. The monoisotopic (exact) mass is 273 g/mol. The summed E-state index contributed by atoms with van der Waals surface area (Å²) in [6, 6.07) is 8.96. The van der Waals surface area contributed by atoms with Crippen molar-refractivity contribution in [2.24, 2.45) is 10.7 Å². The number of hydrogen-bond acceptors (Lipinski definition) is 4. The van der Waals surface area contributed by atoms with Gasteiger partial charge >= 0.3 is 0 Å². The Morgan fingerprint density at radius 3 is 2.65 bits per heavy atom. The lowest BCUT2D eigenvalue weighted by atomic mass is 9.92. The standard InChI is InChI=1S/C16H23N3O/c1-16(11-18-15(17)19(16)13-5-6-13)10-9-12-3-7-14(20-2)8-4-12/h3-4,7-8,13H,5-6,9-11H2,1-2H3,(H2,17,18). The first-order valence-corrected chi connectivity index (χ1v) is 7.34. The van der Waals surface area contributed by atoms with Crippen molar-refractivity contribution < 1.29 is 4.74 Å². The van der Waals surface area contributed by atoms with Gasteiger partial charge in [0.2, 0.25) is 0 Å². The number of rotatable bonds is 5. The summed E-state index contributed by atoms with van der Waals surface area (Å²) < 4.78 is 5.19. The molecule has 1 aliphatic heterocycles. The Balaban J connectivity index is 1.64. The van der Waals surface area contributed by atoms with E-state index in [9.17, 15) is 0 Å². The van der Waals surface area contributed by atoms with Crippen LogP contribution in [-0.4, -0.2) is 36.1 Å². The van der Waals surface area contributed by atoms with Crippen LogP contribution in [0.4, 0.5) is 0 Å². The maximum atomic E-state index is 6.06. The molecule has 4 nitrogen and oxygen atoms in total. The zero-order chi connectivity index (χ0) is 14.2. The maximum Gasteiger partial charge on any atom is 0.192 e. The molecule has 0 amide bonds. The number of ether oxygens (including phenoxy) is 1. The molecule has 2 N–H and O–H groups in total. The van der Waals surface area contributed by atoms with Gasteiger partial charge in [-0.2, -0.15) is 0 Å². The molecule has 0 spiro atoms. The van der Waals surface area contributed by atoms with Crippen LogP contribution < -0.4 is 10.5 Å². The third-order valence-electron chi connectivity index (χ3n) is 4.43. The number of nitrogens with two attached hydrogens (primary N) is 1. The van der Waals surface area contributed by atoms with Crippen LogP contribution in [-0.2, 0) is 6.42 Å². The topological polar surface area (TPSA) is 50.9 Å². The fraction of sp³-hybridized carbons (Fsp3) is 0.562. The van der Waals surface area contributed by atoms with E-state index in [4.69, 9.17) is 10.5 Å². The summed E-state index contributed by atoms with van der Waals surface area (Å²) in [5, 5.41) is 0. The first kappa shape index (κ1) is 13.3. The normalized spacial score (nSPS) is 25.7. The van der Waals surface area contributed by atoms with Gasteiger partial charge in [-0.15, -0.1) is 0 Å². The molecular formula is C16H23N3O. The van der Waals surface area contributed by atoms with Crippen molar-refractivity contribution in [2.45, 2.75) is 44.2 Å². The van der Waals surface area contributed by atoms with E-state index in [1.807, 2.05) is 12.1 Å². The summed E-state index contributed by atoms with van der Waals surface area (Å²) in [5.74, 6) is 1.65. The fourth-order valence-corrected chi connectivity index (χ4v) is 3.05. The second-order valence-electron chi connectivity index (χ2n) is 6.12. The lowest BCUT2D eigenvalue weighted by molar-refractivity contribution is 0.200. The van der Waals surface area contributed by atoms with Crippen LogP contribution >= 0.6 is 0 Å². The van der Waals surface area contributed by atoms with Gasteiger partial charge in [-0.05, 0) is 50.3 Å². The zero-order valence-corrected chi connectivity index (χ0v) is 12.3. The number of hydrogen-bond donors (Lipinski definition) is 1. The molecule has 1 unspecified atom stereocenters. The third kappa shape index (κ3) is 2.47. The molecular weight excluding hydrogens is 250 g/mol. The number of nitrogens with zero attached hydrogens (tertiary/aromatic N) is 2. The number of guanidine groups is 1. The van der Waals surface area contributed by atoms with Crippen LogP contribution in [0.15, 0.2) is 29.3 Å². The quantitative estimate of drug-likeness (QED) is 0.894. The predicted molar refractivity (Wildman–Crippen MR) is 81.1 cm³/mol. The smallest absolute Gasteiger partial charge is 0.192 e. The molecule has 3 rings (SSSR count). The molecule has 1 fully saturated rings. The van der Waals surface area contributed by atoms with Crippen LogP contribution in [0.2, 0.25) is 0 Å². The number of aliphatic imine (C=N–C) groups is 1. The van der Waals surface area contributed by atoms with Gasteiger partial charge in [-0.3, -0.25) is 4.99 Å². The predicted octanol–water partition coefficient (Wildman–Crippen LogP) is 2.18. The van der Waals surface area contributed by atoms with Crippen molar-refractivity contribution in [1.82, 2.24) is 4.90 Å². The summed E-state index contributed by atoms with van der Waals surface area (Å²) >= 11 is 0. The minimum Gasteiger partial charge on any atom is -0.497 e. The summed E-state index contributed by atoms with van der Waals surface area (Å²) in [5.41, 5.74) is 7.49. The van der Waals surface area contributed by atoms with Crippen LogP contribution in [0.1, 0.15) is 31.7 Å². The zero-order valence-electron chi connectivity index (χ0n) is 12.3. The largest absolute Gasteiger partial charge is 0.497 e. The molecule has 2 aliphatic rings. The lowest BCUT2D eigenvalue weighted by Crippen LogP contribution is -2.51. The molecule has 1 heterocycles. The SMILES string of the molecule is COc1ccc(CCC2(C)CN=C(N)N2C2CC2)cc1. The second kappa shape index (κ2) is 5.00. The Kier molecular flexibility index (Phi) is 3.32. The molecule has 1 aromatic carbocycles. The van der Waals surface area contributed by atoms with Crippen LogP contribution in [0.3, 0.4) is 0 Å². The number of methoxy groups -OCH3 is 1. The van der Waals surface area contributed by atoms with E-state index >= 15 is 0 Å². The van der Waals surface area contributed by atoms with Gasteiger partial charge in [0, 0.05) is 6.04 Å². The Morgan fingerprint density at radius 1 is 1.35 bits per heavy atom. The van der Waals surface area contributed by atoms with Gasteiger partial charge in [0.25, 0.3) is 0 Å². The molecule has 0 radical (unpaired) electrons. The van der Waals surface area contributed by atoms with Gasteiger partial charge in [-0.1, -0.05) is 12.1 Å². The average Bonchev–Trinajstić information content (AvgIpc) is 3.24. The van der Waals surface area contributed by atoms with E-state index in [-0.39, 0.29) is 5.54 Å². The van der Waals surface area contributed by atoms with Crippen molar-refractivity contribution >= 4 is 5.96 Å². The van der Waals surface area contributed by atoms with Gasteiger partial charge in [0.05, 0.1) is 19.2 Å². The van der Waals surface area contributed by atoms with E-state index in [1.165, 1.54) is 18.4 Å². The molecule has 0 aromatic heterocycles. The van der Waals surface area contributed by atoms with Crippen molar-refractivity contribution in [3.8, 4) is 5.75 Å². The highest BCUT2D eigenvalue weighted by Gasteiger charge is 2.45. The van der Waals surface area contributed by atoms with Gasteiger partial charge < -0.3 is 15.4 Å². The van der Waals surface area contributed by atoms with Crippen LogP contribution in [0, 0.1) is 0 Å². The number of aryl methyl sites for hydroxylation is 1. The molecule has 108 valence electrons. The van der Waals surface area contributed by atoms with Crippen LogP contribution in [0.25, 0.3) is 0 Å². The average molecular weight is 273 g/mol. The van der Waals surface area contributed by atoms with Crippen molar-refractivity contribution in [3.05, 3.63) is 29.8 Å².